The third-order valence-electron chi connectivity index (χ3n) is 3.53. The summed E-state index contributed by atoms with van der Waals surface area (Å²) in [6, 6.07) is 12.6. The van der Waals surface area contributed by atoms with Crippen molar-refractivity contribution >= 4 is 17.0 Å². The number of hydrogen-bond acceptors (Lipinski definition) is 3. The Hall–Kier alpha value is -3.02. The number of imidazole rings is 1. The van der Waals surface area contributed by atoms with Gasteiger partial charge in [0.05, 0.1) is 18.1 Å². The van der Waals surface area contributed by atoms with Crippen molar-refractivity contribution in [1.29, 1.82) is 0 Å². The predicted molar refractivity (Wildman–Crippen MR) is 81.3 cm³/mol. The fourth-order valence-electron chi connectivity index (χ4n) is 2.54. The number of aromatic nitrogens is 2. The van der Waals surface area contributed by atoms with Crippen LogP contribution in [0.2, 0.25) is 0 Å². The van der Waals surface area contributed by atoms with E-state index >= 15 is 0 Å². The summed E-state index contributed by atoms with van der Waals surface area (Å²) in [5.74, 6) is -0.572. The summed E-state index contributed by atoms with van der Waals surface area (Å²) in [6.07, 6.45) is 0. The Balaban J connectivity index is 2.25. The van der Waals surface area contributed by atoms with Gasteiger partial charge in [0, 0.05) is 0 Å². The molecule has 3 rings (SSSR count). The largest absolute Gasteiger partial charge is 0.497 e. The summed E-state index contributed by atoms with van der Waals surface area (Å²) < 4.78 is 6.37. The number of ether oxygens (including phenoxy) is 1. The average Bonchev–Trinajstić information content (AvgIpc) is 2.84. The van der Waals surface area contributed by atoms with Crippen LogP contribution in [0, 0.1) is 0 Å². The molecule has 0 aliphatic carbocycles. The molecule has 0 aliphatic rings. The second kappa shape index (κ2) is 5.40. The average molecular weight is 298 g/mol. The molecule has 1 unspecified atom stereocenters. The number of benzene rings is 2. The van der Waals surface area contributed by atoms with Crippen molar-refractivity contribution in [3.05, 3.63) is 64.6 Å². The molecule has 3 aromatic rings. The number of rotatable bonds is 4. The van der Waals surface area contributed by atoms with Crippen molar-refractivity contribution in [2.75, 3.05) is 7.11 Å². The van der Waals surface area contributed by atoms with Crippen LogP contribution < -0.4 is 10.4 Å². The zero-order valence-electron chi connectivity index (χ0n) is 11.8. The van der Waals surface area contributed by atoms with E-state index in [0.717, 1.165) is 0 Å². The number of nitrogens with zero attached hydrogens (tertiary/aromatic N) is 1. The number of aromatic amines is 1. The molecule has 1 atom stereocenters. The van der Waals surface area contributed by atoms with Crippen molar-refractivity contribution in [3.63, 3.8) is 0 Å². The minimum Gasteiger partial charge on any atom is -0.497 e. The normalized spacial score (nSPS) is 12.2. The molecule has 0 fully saturated rings. The quantitative estimate of drug-likeness (QED) is 0.771. The molecule has 0 aliphatic heterocycles. The van der Waals surface area contributed by atoms with Crippen molar-refractivity contribution in [3.8, 4) is 5.75 Å². The first-order chi connectivity index (χ1) is 10.6. The number of carbonyl (C=O) groups is 1. The Morgan fingerprint density at radius 3 is 2.73 bits per heavy atom. The molecule has 2 aromatic carbocycles. The summed E-state index contributed by atoms with van der Waals surface area (Å²) in [7, 11) is 1.51. The molecule has 1 aromatic heterocycles. The molecule has 0 radical (unpaired) electrons. The number of hydrogen-bond donors (Lipinski definition) is 2. The molecule has 0 spiro atoms. The van der Waals surface area contributed by atoms with Gasteiger partial charge in [0.2, 0.25) is 0 Å². The molecule has 1 heterocycles. The van der Waals surface area contributed by atoms with Gasteiger partial charge >= 0.3 is 11.7 Å². The van der Waals surface area contributed by atoms with E-state index < -0.39 is 17.7 Å². The van der Waals surface area contributed by atoms with Crippen LogP contribution >= 0.6 is 0 Å². The smallest absolute Gasteiger partial charge is 0.331 e. The van der Waals surface area contributed by atoms with Gasteiger partial charge in [0.25, 0.3) is 0 Å². The van der Waals surface area contributed by atoms with Crippen molar-refractivity contribution in [2.24, 2.45) is 0 Å². The van der Waals surface area contributed by atoms with Gasteiger partial charge in [-0.3, -0.25) is 4.57 Å². The molecule has 6 heteroatoms. The highest BCUT2D eigenvalue weighted by Gasteiger charge is 2.26. The van der Waals surface area contributed by atoms with Crippen LogP contribution in [0.4, 0.5) is 0 Å². The molecular formula is C16H14N2O4. The molecular weight excluding hydrogens is 284 g/mol. The van der Waals surface area contributed by atoms with Crippen LogP contribution in [0.25, 0.3) is 11.0 Å². The molecule has 6 nitrogen and oxygen atoms in total. The van der Waals surface area contributed by atoms with Gasteiger partial charge in [-0.25, -0.2) is 9.59 Å². The molecule has 0 saturated carbocycles. The lowest BCUT2D eigenvalue weighted by atomic mass is 10.1. The lowest BCUT2D eigenvalue weighted by Crippen LogP contribution is -2.28. The highest BCUT2D eigenvalue weighted by atomic mass is 16.5. The molecule has 0 amide bonds. The molecule has 0 saturated heterocycles. The third-order valence-corrected chi connectivity index (χ3v) is 3.53. The van der Waals surface area contributed by atoms with Gasteiger partial charge in [-0.15, -0.1) is 0 Å². The van der Waals surface area contributed by atoms with Gasteiger partial charge < -0.3 is 14.8 Å². The van der Waals surface area contributed by atoms with E-state index in [-0.39, 0.29) is 0 Å². The topological polar surface area (TPSA) is 84.3 Å². The Kier molecular flexibility index (Phi) is 3.42. The van der Waals surface area contributed by atoms with Crippen molar-refractivity contribution < 1.29 is 14.6 Å². The highest BCUT2D eigenvalue weighted by Crippen LogP contribution is 2.25. The first-order valence-electron chi connectivity index (χ1n) is 6.68. The van der Waals surface area contributed by atoms with Crippen LogP contribution in [0.15, 0.2) is 53.3 Å². The number of aliphatic carboxylic acids is 1. The number of carboxylic acid groups (broad SMARTS) is 1. The van der Waals surface area contributed by atoms with E-state index in [4.69, 9.17) is 4.74 Å². The van der Waals surface area contributed by atoms with E-state index in [1.165, 1.54) is 11.7 Å². The highest BCUT2D eigenvalue weighted by molar-refractivity contribution is 5.82. The zero-order chi connectivity index (χ0) is 15.7. The zero-order valence-corrected chi connectivity index (χ0v) is 11.8. The SMILES string of the molecule is COc1cccc(C(C(=O)O)n2c(=O)[nH]c3ccccc32)c1. The van der Waals surface area contributed by atoms with E-state index in [0.29, 0.717) is 22.3 Å². The monoisotopic (exact) mass is 298 g/mol. The van der Waals surface area contributed by atoms with Gasteiger partial charge in [0.1, 0.15) is 5.75 Å². The maximum absolute atomic E-state index is 12.2. The number of carboxylic acids is 1. The Labute approximate surface area is 125 Å². The summed E-state index contributed by atoms with van der Waals surface area (Å²) in [4.78, 5) is 26.7. The van der Waals surface area contributed by atoms with E-state index in [2.05, 4.69) is 4.98 Å². The first kappa shape index (κ1) is 13.9. The van der Waals surface area contributed by atoms with Crippen LogP contribution in [0.3, 0.4) is 0 Å². The number of nitrogens with one attached hydrogen (secondary N) is 1. The van der Waals surface area contributed by atoms with Crippen LogP contribution in [0.1, 0.15) is 11.6 Å². The number of para-hydroxylation sites is 2. The van der Waals surface area contributed by atoms with Gasteiger partial charge in [0.15, 0.2) is 6.04 Å². The lowest BCUT2D eigenvalue weighted by molar-refractivity contribution is -0.139. The van der Waals surface area contributed by atoms with Gasteiger partial charge in [-0.05, 0) is 29.8 Å². The molecule has 22 heavy (non-hydrogen) atoms. The van der Waals surface area contributed by atoms with E-state index in [9.17, 15) is 14.7 Å². The predicted octanol–water partition coefficient (Wildman–Crippen LogP) is 2.01. The Bertz CT molecular complexity index is 894. The van der Waals surface area contributed by atoms with E-state index in [1.54, 1.807) is 48.5 Å². The van der Waals surface area contributed by atoms with E-state index in [1.807, 2.05) is 0 Å². The van der Waals surface area contributed by atoms with Gasteiger partial charge in [-0.2, -0.15) is 0 Å². The van der Waals surface area contributed by atoms with Crippen LogP contribution in [-0.4, -0.2) is 27.7 Å². The Morgan fingerprint density at radius 2 is 2.00 bits per heavy atom. The standard InChI is InChI=1S/C16H14N2O4/c1-22-11-6-4-5-10(9-11)14(15(19)20)18-13-8-3-2-7-12(13)17-16(18)21/h2-9,14H,1H3,(H,17,21)(H,19,20). The summed E-state index contributed by atoms with van der Waals surface area (Å²) in [5, 5.41) is 9.63. The number of fused-ring (bicyclic) bond motifs is 1. The van der Waals surface area contributed by atoms with Crippen LogP contribution in [-0.2, 0) is 4.79 Å². The van der Waals surface area contributed by atoms with Crippen LogP contribution in [0.5, 0.6) is 5.75 Å². The minimum absolute atomic E-state index is 0.462. The third kappa shape index (κ3) is 2.24. The number of H-pyrrole nitrogens is 1. The number of methoxy groups -OCH3 is 1. The summed E-state index contributed by atoms with van der Waals surface area (Å²) >= 11 is 0. The second-order valence-electron chi connectivity index (χ2n) is 4.83. The van der Waals surface area contributed by atoms with Gasteiger partial charge in [-0.1, -0.05) is 24.3 Å². The van der Waals surface area contributed by atoms with Crippen molar-refractivity contribution in [1.82, 2.24) is 9.55 Å². The lowest BCUT2D eigenvalue weighted by Gasteiger charge is -2.15. The molecule has 2 N–H and O–H groups in total. The fourth-order valence-corrected chi connectivity index (χ4v) is 2.54. The molecule has 112 valence electrons. The first-order valence-corrected chi connectivity index (χ1v) is 6.68. The fraction of sp³-hybridized carbons (Fsp3) is 0.125. The maximum Gasteiger partial charge on any atom is 0.331 e. The Morgan fingerprint density at radius 1 is 1.23 bits per heavy atom. The molecule has 0 bridgehead atoms. The summed E-state index contributed by atoms with van der Waals surface area (Å²) in [5.41, 5.74) is 1.15. The van der Waals surface area contributed by atoms with Crippen molar-refractivity contribution in [2.45, 2.75) is 6.04 Å². The second-order valence-corrected chi connectivity index (χ2v) is 4.83. The summed E-state index contributed by atoms with van der Waals surface area (Å²) in [6.45, 7) is 0. The maximum atomic E-state index is 12.2. The minimum atomic E-state index is -1.13.